The fourth-order valence-electron chi connectivity index (χ4n) is 11.5. The molecule has 4 N–H and O–H groups in total. The van der Waals surface area contributed by atoms with E-state index in [1.165, 1.54) is 63.4 Å². The smallest absolute Gasteiger partial charge is 0.223 e. The van der Waals surface area contributed by atoms with Crippen molar-refractivity contribution in [2.75, 3.05) is 6.54 Å². The second kappa shape index (κ2) is 9.22. The van der Waals surface area contributed by atoms with Gasteiger partial charge in [-0.15, -0.1) is 0 Å². The van der Waals surface area contributed by atoms with Crippen LogP contribution in [0.5, 0.6) is 0 Å². The lowest BCUT2D eigenvalue weighted by atomic mass is 9.42. The number of rotatable bonds is 4. The summed E-state index contributed by atoms with van der Waals surface area (Å²) in [7, 11) is 0. The van der Waals surface area contributed by atoms with Gasteiger partial charge in [-0.3, -0.25) is 4.79 Å². The summed E-state index contributed by atoms with van der Waals surface area (Å²) in [6.07, 6.45) is 15.5. The highest BCUT2D eigenvalue weighted by Gasteiger charge is 2.60. The monoisotopic (exact) mass is 512 g/mol. The van der Waals surface area contributed by atoms with Gasteiger partial charge < -0.3 is 11.5 Å². The third-order valence-corrected chi connectivity index (χ3v) is 12.0. The molecule has 1 amide bonds. The van der Waals surface area contributed by atoms with Gasteiger partial charge in [0.05, 0.1) is 5.41 Å². The summed E-state index contributed by atoms with van der Waals surface area (Å²) in [5.41, 5.74) is 16.0. The molecule has 0 radical (unpaired) electrons. The van der Waals surface area contributed by atoms with Crippen molar-refractivity contribution >= 4 is 5.91 Å². The first-order valence-corrected chi connectivity index (χ1v) is 15.0. The van der Waals surface area contributed by atoms with Crippen LogP contribution in [0.2, 0.25) is 0 Å². The number of amides is 1. The average molecular weight is 513 g/mol. The Morgan fingerprint density at radius 3 is 1.50 bits per heavy atom. The number of benzene rings is 2. The van der Waals surface area contributed by atoms with E-state index in [-0.39, 0.29) is 24.2 Å². The maximum Gasteiger partial charge on any atom is 0.223 e. The molecule has 204 valence electrons. The minimum atomic E-state index is -0.195. The van der Waals surface area contributed by atoms with Crippen molar-refractivity contribution in [2.24, 2.45) is 46.0 Å². The molecule has 0 saturated heterocycles. The Morgan fingerprint density at radius 1 is 0.658 bits per heavy atom. The second-order valence-electron chi connectivity index (χ2n) is 14.6. The Labute approximate surface area is 230 Å². The molecule has 8 fully saturated rings. The predicted octanol–water partition coefficient (Wildman–Crippen LogP) is 7.13. The van der Waals surface area contributed by atoms with Gasteiger partial charge in [0.2, 0.25) is 5.91 Å². The van der Waals surface area contributed by atoms with Gasteiger partial charge in [0.15, 0.2) is 0 Å². The highest BCUT2D eigenvalue weighted by molar-refractivity contribution is 5.81. The molecule has 8 bridgehead atoms. The Balaban J connectivity index is 0.000000136. The van der Waals surface area contributed by atoms with E-state index in [1.807, 2.05) is 0 Å². The van der Waals surface area contributed by atoms with Gasteiger partial charge in [-0.2, -0.15) is 0 Å². The first kappa shape index (κ1) is 26.1. The quantitative estimate of drug-likeness (QED) is 0.457. The maximum absolute atomic E-state index is 12.0. The summed E-state index contributed by atoms with van der Waals surface area (Å²) in [4.78, 5) is 12.0. The topological polar surface area (TPSA) is 69.1 Å². The van der Waals surface area contributed by atoms with Crippen molar-refractivity contribution in [2.45, 2.75) is 95.3 Å². The van der Waals surface area contributed by atoms with Crippen molar-refractivity contribution in [3.63, 3.8) is 0 Å². The molecule has 8 aliphatic rings. The number of carbonyl (C=O) groups excluding carboxylic acids is 1. The van der Waals surface area contributed by atoms with Gasteiger partial charge in [-0.05, 0) is 135 Å². The fourth-order valence-corrected chi connectivity index (χ4v) is 11.5. The Kier molecular flexibility index (Phi) is 6.34. The number of carbonyl (C=O) groups is 1. The Hall–Kier alpha value is -2.13. The van der Waals surface area contributed by atoms with E-state index in [1.54, 1.807) is 5.56 Å². The molecule has 3 heteroatoms. The van der Waals surface area contributed by atoms with Gasteiger partial charge in [-0.25, -0.2) is 0 Å². The third-order valence-electron chi connectivity index (χ3n) is 12.0. The summed E-state index contributed by atoms with van der Waals surface area (Å²) >= 11 is 0. The molecule has 2 aromatic carbocycles. The first-order chi connectivity index (χ1) is 17.9. The summed E-state index contributed by atoms with van der Waals surface area (Å²) in [6, 6.07) is 22.1. The average Bonchev–Trinajstić information content (AvgIpc) is 2.89. The first-order valence-electron chi connectivity index (χ1n) is 15.0. The second-order valence-corrected chi connectivity index (χ2v) is 14.6. The van der Waals surface area contributed by atoms with Gasteiger partial charge in [0.1, 0.15) is 0 Å². The molecule has 0 aliphatic heterocycles. The van der Waals surface area contributed by atoms with Crippen LogP contribution >= 0.6 is 0 Å². The van der Waals surface area contributed by atoms with Crippen LogP contribution < -0.4 is 11.5 Å². The van der Waals surface area contributed by atoms with Crippen LogP contribution in [0.4, 0.5) is 0 Å². The molecular formula is C35H48N2O. The normalized spacial score (nSPS) is 43.2. The Bertz CT molecular complexity index is 1130. The maximum atomic E-state index is 12.0. The summed E-state index contributed by atoms with van der Waals surface area (Å²) < 4.78 is 0. The van der Waals surface area contributed by atoms with Crippen molar-refractivity contribution < 1.29 is 4.79 Å². The van der Waals surface area contributed by atoms with Crippen molar-refractivity contribution in [3.8, 4) is 0 Å². The molecule has 2 aromatic rings. The molecule has 8 saturated carbocycles. The summed E-state index contributed by atoms with van der Waals surface area (Å²) in [5, 5.41) is 0. The minimum Gasteiger partial charge on any atom is -0.369 e. The zero-order chi connectivity index (χ0) is 25.3. The van der Waals surface area contributed by atoms with Crippen LogP contribution in [0.3, 0.4) is 0 Å². The molecule has 38 heavy (non-hydrogen) atoms. The van der Waals surface area contributed by atoms with Gasteiger partial charge in [0.25, 0.3) is 0 Å². The van der Waals surface area contributed by atoms with Gasteiger partial charge in [-0.1, -0.05) is 68.1 Å². The van der Waals surface area contributed by atoms with Crippen LogP contribution in [0, 0.1) is 34.5 Å². The van der Waals surface area contributed by atoms with E-state index < -0.39 is 0 Å². The van der Waals surface area contributed by atoms with Crippen molar-refractivity contribution in [1.82, 2.24) is 0 Å². The largest absolute Gasteiger partial charge is 0.369 e. The summed E-state index contributed by atoms with van der Waals surface area (Å²) in [6.45, 7) is 0.911. The third kappa shape index (κ3) is 4.07. The van der Waals surface area contributed by atoms with Crippen molar-refractivity contribution in [1.29, 1.82) is 0 Å². The highest BCUT2D eigenvalue weighted by Crippen LogP contribution is 2.66. The van der Waals surface area contributed by atoms with Gasteiger partial charge in [0, 0.05) is 0 Å². The molecule has 3 nitrogen and oxygen atoms in total. The molecule has 4 atom stereocenters. The van der Waals surface area contributed by atoms with Crippen LogP contribution in [-0.4, -0.2) is 12.5 Å². The lowest BCUT2D eigenvalue weighted by molar-refractivity contribution is -0.145. The number of nitrogens with two attached hydrogens (primary N) is 2. The van der Waals surface area contributed by atoms with Crippen LogP contribution in [0.25, 0.3) is 0 Å². The standard InChI is InChI=1S/C17H21NO.C17H23N.CH4/c18-15(19)17-9-12-6-13(10-17)8-16(7-12,11-17)14-4-2-1-3-5-14;18-12-16-7-13-6-14(8-16)10-17(9-13,11-16)15-4-2-1-3-5-15;/h1-5,12-13H,6-11H2,(H2,18,19);1-5,13-14H,6-12,18H2;1H4. The lowest BCUT2D eigenvalue weighted by Gasteiger charge is -2.62. The van der Waals surface area contributed by atoms with Crippen LogP contribution in [0.1, 0.15) is 95.6 Å². The molecule has 8 aliphatic carbocycles. The molecular weight excluding hydrogens is 464 g/mol. The highest BCUT2D eigenvalue weighted by atomic mass is 16.1. The summed E-state index contributed by atoms with van der Waals surface area (Å²) in [5.74, 6) is 3.30. The predicted molar refractivity (Wildman–Crippen MR) is 155 cm³/mol. The van der Waals surface area contributed by atoms with E-state index in [0.29, 0.717) is 22.7 Å². The molecule has 4 unspecified atom stereocenters. The zero-order valence-corrected chi connectivity index (χ0v) is 22.3. The fraction of sp³-hybridized carbons (Fsp3) is 0.629. The Morgan fingerprint density at radius 2 is 1.08 bits per heavy atom. The molecule has 10 rings (SSSR count). The van der Waals surface area contributed by atoms with E-state index in [2.05, 4.69) is 60.7 Å². The van der Waals surface area contributed by atoms with E-state index >= 15 is 0 Å². The SMILES string of the molecule is C.NC(=O)C12CC3CC(C1)CC(c1ccccc1)(C3)C2.NCC12CC3CC(C1)CC(c1ccccc1)(C3)C2. The molecule has 0 spiro atoms. The number of hydrogen-bond acceptors (Lipinski definition) is 2. The lowest BCUT2D eigenvalue weighted by Crippen LogP contribution is -2.58. The van der Waals surface area contributed by atoms with Crippen LogP contribution in [-0.2, 0) is 15.6 Å². The van der Waals surface area contributed by atoms with E-state index in [9.17, 15) is 4.79 Å². The van der Waals surface area contributed by atoms with E-state index in [4.69, 9.17) is 11.5 Å². The van der Waals surface area contributed by atoms with E-state index in [0.717, 1.165) is 37.6 Å². The van der Waals surface area contributed by atoms with Crippen molar-refractivity contribution in [3.05, 3.63) is 71.8 Å². The zero-order valence-electron chi connectivity index (χ0n) is 22.3. The van der Waals surface area contributed by atoms with Gasteiger partial charge >= 0.3 is 0 Å². The van der Waals surface area contributed by atoms with Crippen LogP contribution in [0.15, 0.2) is 60.7 Å². The number of primary amides is 1. The molecule has 0 aromatic heterocycles. The number of hydrogen-bond donors (Lipinski definition) is 2. The minimum absolute atomic E-state index is 0. The molecule has 0 heterocycles.